The molecule has 0 aromatic heterocycles. The van der Waals surface area contributed by atoms with Gasteiger partial charge in [-0.3, -0.25) is 14.4 Å². The fourth-order valence-electron chi connectivity index (χ4n) is 4.17. The predicted molar refractivity (Wildman–Crippen MR) is 136 cm³/mol. The summed E-state index contributed by atoms with van der Waals surface area (Å²) in [5, 5.41) is 19.9. The Bertz CT molecular complexity index is 1220. The maximum absolute atomic E-state index is 12.9. The van der Waals surface area contributed by atoms with Gasteiger partial charge in [0.1, 0.15) is 11.8 Å². The topological polar surface area (TPSA) is 120 Å². The minimum Gasteiger partial charge on any atom is -0.508 e. The van der Waals surface area contributed by atoms with Crippen LogP contribution in [-0.4, -0.2) is 47.6 Å². The van der Waals surface area contributed by atoms with Gasteiger partial charge in [-0.05, 0) is 46.9 Å². The van der Waals surface area contributed by atoms with Crippen molar-refractivity contribution in [2.75, 3.05) is 6.54 Å². The summed E-state index contributed by atoms with van der Waals surface area (Å²) in [4.78, 5) is 37.9. The highest BCUT2D eigenvalue weighted by atomic mass is 16.6. The van der Waals surface area contributed by atoms with E-state index in [0.29, 0.717) is 32.4 Å². The van der Waals surface area contributed by atoms with Gasteiger partial charge < -0.3 is 25.8 Å². The third kappa shape index (κ3) is 6.40. The second-order valence-corrected chi connectivity index (χ2v) is 8.89. The molecule has 0 unspecified atom stereocenters. The molecule has 3 aromatic carbocycles. The number of carbonyl (C=O) groups is 3. The van der Waals surface area contributed by atoms with E-state index in [0.717, 1.165) is 21.9 Å². The molecule has 1 aliphatic heterocycles. The Labute approximate surface area is 210 Å². The highest BCUT2D eigenvalue weighted by molar-refractivity contribution is 5.97. The normalized spacial score (nSPS) is 17.2. The van der Waals surface area contributed by atoms with Crippen LogP contribution in [0, 0.1) is 0 Å². The molecule has 1 aliphatic rings. The quantitative estimate of drug-likeness (QED) is 0.309. The van der Waals surface area contributed by atoms with Crippen molar-refractivity contribution in [3.63, 3.8) is 0 Å². The number of fused-ring (bicyclic) bond motifs is 1. The average molecular weight is 490 g/mol. The first-order valence-electron chi connectivity index (χ1n) is 12.2. The van der Waals surface area contributed by atoms with Crippen LogP contribution in [0.2, 0.25) is 0 Å². The lowest BCUT2D eigenvalue weighted by Gasteiger charge is -2.18. The van der Waals surface area contributed by atoms with Crippen molar-refractivity contribution >= 4 is 28.5 Å². The molecule has 4 N–H and O–H groups in total. The van der Waals surface area contributed by atoms with Crippen LogP contribution in [0.15, 0.2) is 66.7 Å². The zero-order valence-corrected chi connectivity index (χ0v) is 20.2. The number of phenols is 1. The molecule has 8 nitrogen and oxygen atoms in total. The highest BCUT2D eigenvalue weighted by Gasteiger charge is 2.50. The molecule has 8 heteroatoms. The standard InChI is InChI=1S/C28H31N3O5/c1-2-6-23(26(33)30-17-20-9-5-8-19-7-3-4-10-22(19)20)31-28(35)25-24(36-25)27(34)29-16-15-18-11-13-21(32)14-12-18/h3-5,7-14,23-25,32H,2,6,15-17H2,1H3,(H,29,34)(H,30,33)(H,31,35)/t23-,24-,25-/m0/s1. The van der Waals surface area contributed by atoms with Crippen molar-refractivity contribution in [2.24, 2.45) is 0 Å². The lowest BCUT2D eigenvalue weighted by Crippen LogP contribution is -2.48. The zero-order chi connectivity index (χ0) is 25.5. The van der Waals surface area contributed by atoms with E-state index in [4.69, 9.17) is 4.74 Å². The Kier molecular flexibility index (Phi) is 8.17. The van der Waals surface area contributed by atoms with Crippen LogP contribution in [0.5, 0.6) is 5.75 Å². The minimum absolute atomic E-state index is 0.187. The van der Waals surface area contributed by atoms with Gasteiger partial charge in [0.15, 0.2) is 12.2 Å². The Hall–Kier alpha value is -3.91. The highest BCUT2D eigenvalue weighted by Crippen LogP contribution is 2.23. The summed E-state index contributed by atoms with van der Waals surface area (Å²) >= 11 is 0. The van der Waals surface area contributed by atoms with Crippen molar-refractivity contribution in [1.82, 2.24) is 16.0 Å². The third-order valence-electron chi connectivity index (χ3n) is 6.20. The molecule has 0 aliphatic carbocycles. The Balaban J connectivity index is 1.25. The molecule has 36 heavy (non-hydrogen) atoms. The van der Waals surface area contributed by atoms with Crippen molar-refractivity contribution < 1.29 is 24.2 Å². The van der Waals surface area contributed by atoms with Gasteiger partial charge >= 0.3 is 0 Å². The predicted octanol–water partition coefficient (Wildman–Crippen LogP) is 2.57. The summed E-state index contributed by atoms with van der Waals surface area (Å²) in [6.45, 7) is 2.67. The largest absolute Gasteiger partial charge is 0.508 e. The molecule has 0 spiro atoms. The molecule has 3 amide bonds. The Morgan fingerprint density at radius 1 is 0.917 bits per heavy atom. The lowest BCUT2D eigenvalue weighted by molar-refractivity contribution is -0.129. The number of epoxide rings is 1. The van der Waals surface area contributed by atoms with Gasteiger partial charge in [-0.25, -0.2) is 0 Å². The van der Waals surface area contributed by atoms with Gasteiger partial charge in [0.2, 0.25) is 5.91 Å². The summed E-state index contributed by atoms with van der Waals surface area (Å²) in [6, 6.07) is 20.0. The number of ether oxygens (including phenoxy) is 1. The van der Waals surface area contributed by atoms with Crippen LogP contribution in [0.25, 0.3) is 10.8 Å². The van der Waals surface area contributed by atoms with Crippen molar-refractivity contribution in [1.29, 1.82) is 0 Å². The number of hydrogen-bond acceptors (Lipinski definition) is 5. The van der Waals surface area contributed by atoms with Crippen LogP contribution in [0.3, 0.4) is 0 Å². The first-order valence-corrected chi connectivity index (χ1v) is 12.2. The van der Waals surface area contributed by atoms with E-state index in [9.17, 15) is 19.5 Å². The van der Waals surface area contributed by atoms with E-state index in [-0.39, 0.29) is 17.6 Å². The minimum atomic E-state index is -0.899. The Morgan fingerprint density at radius 2 is 1.64 bits per heavy atom. The number of aromatic hydroxyl groups is 1. The fourth-order valence-corrected chi connectivity index (χ4v) is 4.17. The van der Waals surface area contributed by atoms with Gasteiger partial charge in [0.25, 0.3) is 11.8 Å². The zero-order valence-electron chi connectivity index (χ0n) is 20.2. The van der Waals surface area contributed by atoms with Crippen LogP contribution in [0.4, 0.5) is 0 Å². The van der Waals surface area contributed by atoms with E-state index in [1.807, 2.05) is 49.4 Å². The summed E-state index contributed by atoms with van der Waals surface area (Å²) < 4.78 is 5.31. The van der Waals surface area contributed by atoms with Crippen LogP contribution < -0.4 is 16.0 Å². The summed E-state index contributed by atoms with van der Waals surface area (Å²) in [6.07, 6.45) is 0.0167. The fraction of sp³-hybridized carbons (Fsp3) is 0.321. The number of benzene rings is 3. The van der Waals surface area contributed by atoms with Gasteiger partial charge in [0.05, 0.1) is 0 Å². The molecule has 1 heterocycles. The molecule has 0 saturated carbocycles. The smallest absolute Gasteiger partial charge is 0.253 e. The average Bonchev–Trinajstić information content (AvgIpc) is 3.69. The summed E-state index contributed by atoms with van der Waals surface area (Å²) in [5.74, 6) is -0.908. The number of hydrogen-bond donors (Lipinski definition) is 4. The van der Waals surface area contributed by atoms with Gasteiger partial charge in [-0.1, -0.05) is 67.9 Å². The van der Waals surface area contributed by atoms with E-state index in [1.165, 1.54) is 0 Å². The molecule has 1 fully saturated rings. The van der Waals surface area contributed by atoms with Gasteiger partial charge in [-0.15, -0.1) is 0 Å². The molecule has 1 saturated heterocycles. The second-order valence-electron chi connectivity index (χ2n) is 8.89. The van der Waals surface area contributed by atoms with E-state index < -0.39 is 24.2 Å². The van der Waals surface area contributed by atoms with E-state index >= 15 is 0 Å². The number of nitrogens with one attached hydrogen (secondary N) is 3. The molecular formula is C28H31N3O5. The lowest BCUT2D eigenvalue weighted by atomic mass is 10.0. The molecule has 188 valence electrons. The summed E-state index contributed by atoms with van der Waals surface area (Å²) in [5.41, 5.74) is 1.97. The SMILES string of the molecule is CCC[C@H](NC(=O)[C@H]1O[C@@H]1C(=O)NCCc1ccc(O)cc1)C(=O)NCc1cccc2ccccc12. The van der Waals surface area contributed by atoms with Crippen molar-refractivity contribution in [2.45, 2.75) is 51.0 Å². The second kappa shape index (κ2) is 11.7. The molecular weight excluding hydrogens is 458 g/mol. The van der Waals surface area contributed by atoms with Crippen LogP contribution >= 0.6 is 0 Å². The third-order valence-corrected chi connectivity index (χ3v) is 6.20. The van der Waals surface area contributed by atoms with E-state index in [1.54, 1.807) is 24.3 Å². The maximum Gasteiger partial charge on any atom is 0.253 e. The molecule has 3 aromatic rings. The molecule has 0 radical (unpaired) electrons. The van der Waals surface area contributed by atoms with Crippen LogP contribution in [0.1, 0.15) is 30.9 Å². The number of phenolic OH excluding ortho intramolecular Hbond substituents is 1. The first kappa shape index (κ1) is 25.2. The van der Waals surface area contributed by atoms with E-state index in [2.05, 4.69) is 16.0 Å². The van der Waals surface area contributed by atoms with Gasteiger partial charge in [0, 0.05) is 13.1 Å². The molecule has 0 bridgehead atoms. The number of carbonyl (C=O) groups excluding carboxylic acids is 3. The monoisotopic (exact) mass is 489 g/mol. The molecule has 4 rings (SSSR count). The first-order chi connectivity index (χ1) is 17.5. The molecule has 3 atom stereocenters. The maximum atomic E-state index is 12.9. The van der Waals surface area contributed by atoms with Gasteiger partial charge in [-0.2, -0.15) is 0 Å². The number of amides is 3. The summed E-state index contributed by atoms with van der Waals surface area (Å²) in [7, 11) is 0. The van der Waals surface area contributed by atoms with Crippen LogP contribution in [-0.2, 0) is 32.1 Å². The Morgan fingerprint density at radius 3 is 2.42 bits per heavy atom. The van der Waals surface area contributed by atoms with Crippen molar-refractivity contribution in [3.8, 4) is 5.75 Å². The number of rotatable bonds is 11. The van der Waals surface area contributed by atoms with Crippen molar-refractivity contribution in [3.05, 3.63) is 77.9 Å².